The average Bonchev–Trinajstić information content (AvgIpc) is 3.41. The summed E-state index contributed by atoms with van der Waals surface area (Å²) in [6.07, 6.45) is 0. The van der Waals surface area contributed by atoms with E-state index in [1.807, 2.05) is 48.5 Å². The molecule has 0 radical (unpaired) electrons. The number of carbonyl (C=O) groups is 2. The van der Waals surface area contributed by atoms with Crippen molar-refractivity contribution in [3.8, 4) is 5.75 Å². The lowest BCUT2D eigenvalue weighted by Gasteiger charge is -2.32. The molecule has 1 heterocycles. The van der Waals surface area contributed by atoms with E-state index in [0.29, 0.717) is 39.5 Å². The van der Waals surface area contributed by atoms with Gasteiger partial charge >= 0.3 is 0 Å². The van der Waals surface area contributed by atoms with Gasteiger partial charge in [-0.3, -0.25) is 9.59 Å². The predicted octanol–water partition coefficient (Wildman–Crippen LogP) is 6.11. The van der Waals surface area contributed by atoms with Gasteiger partial charge in [-0.05, 0) is 71.1 Å². The molecular weight excluding hydrogens is 533 g/mol. The van der Waals surface area contributed by atoms with Crippen molar-refractivity contribution in [2.75, 3.05) is 12.4 Å². The smallest absolute Gasteiger partial charge is 0.251 e. The van der Waals surface area contributed by atoms with Crippen LogP contribution in [-0.2, 0) is 22.7 Å². The Morgan fingerprint density at radius 1 is 0.905 bits per heavy atom. The summed E-state index contributed by atoms with van der Waals surface area (Å²) >= 11 is 0. The van der Waals surface area contributed by atoms with Crippen molar-refractivity contribution in [3.05, 3.63) is 120 Å². The van der Waals surface area contributed by atoms with E-state index in [1.54, 1.807) is 43.5 Å². The molecule has 0 spiro atoms. The van der Waals surface area contributed by atoms with E-state index in [2.05, 4.69) is 29.5 Å². The fourth-order valence-electron chi connectivity index (χ4n) is 4.78. The number of benzene rings is 4. The van der Waals surface area contributed by atoms with E-state index in [9.17, 15) is 14.0 Å². The van der Waals surface area contributed by atoms with Crippen molar-refractivity contribution < 1.29 is 18.7 Å². The van der Waals surface area contributed by atoms with Crippen LogP contribution in [0.3, 0.4) is 0 Å². The van der Waals surface area contributed by atoms with Gasteiger partial charge in [-0.2, -0.15) is 0 Å². The van der Waals surface area contributed by atoms with Crippen LogP contribution in [0.2, 0.25) is 0 Å². The van der Waals surface area contributed by atoms with Crippen molar-refractivity contribution in [1.29, 1.82) is 0 Å². The third-order valence-corrected chi connectivity index (χ3v) is 7.13. The van der Waals surface area contributed by atoms with Crippen LogP contribution in [0.25, 0.3) is 11.0 Å². The number of ether oxygens (including phenoxy) is 1. The monoisotopic (exact) mass is 565 g/mol. The fraction of sp³-hybridized carbons (Fsp3) is 0.212. The maximum absolute atomic E-state index is 14.1. The third kappa shape index (κ3) is 6.46. The van der Waals surface area contributed by atoms with Gasteiger partial charge in [0.1, 0.15) is 29.7 Å². The molecule has 9 heteroatoms. The van der Waals surface area contributed by atoms with Gasteiger partial charge in [0.2, 0.25) is 5.91 Å². The Kier molecular flexibility index (Phi) is 8.57. The van der Waals surface area contributed by atoms with Gasteiger partial charge in [0.05, 0.1) is 12.6 Å². The first kappa shape index (κ1) is 28.5. The van der Waals surface area contributed by atoms with Crippen molar-refractivity contribution in [1.82, 2.24) is 19.9 Å². The van der Waals surface area contributed by atoms with Crippen LogP contribution in [-0.4, -0.2) is 38.8 Å². The number of amides is 2. The lowest BCUT2D eigenvalue weighted by atomic mass is 9.97. The van der Waals surface area contributed by atoms with Gasteiger partial charge < -0.3 is 15.0 Å². The summed E-state index contributed by atoms with van der Waals surface area (Å²) in [4.78, 5) is 29.7. The Bertz CT molecular complexity index is 1670. The molecule has 0 unspecified atom stereocenters. The highest BCUT2D eigenvalue weighted by Crippen LogP contribution is 2.28. The number of fused-ring (bicyclic) bond motifs is 1. The topological polar surface area (TPSA) is 89.4 Å². The van der Waals surface area contributed by atoms with E-state index in [-0.39, 0.29) is 24.8 Å². The molecule has 214 valence electrons. The van der Waals surface area contributed by atoms with E-state index in [4.69, 9.17) is 4.74 Å². The Labute approximate surface area is 243 Å². The molecule has 0 saturated carbocycles. The van der Waals surface area contributed by atoms with E-state index >= 15 is 0 Å². The lowest BCUT2D eigenvalue weighted by Crippen LogP contribution is -2.42. The molecule has 0 aliphatic rings. The van der Waals surface area contributed by atoms with Crippen LogP contribution >= 0.6 is 0 Å². The second kappa shape index (κ2) is 12.6. The summed E-state index contributed by atoms with van der Waals surface area (Å²) in [5.74, 6) is -0.178. The number of anilines is 1. The Hall–Kier alpha value is -5.05. The summed E-state index contributed by atoms with van der Waals surface area (Å²) < 4.78 is 20.5. The number of halogens is 1. The van der Waals surface area contributed by atoms with Crippen LogP contribution in [0.4, 0.5) is 10.1 Å². The van der Waals surface area contributed by atoms with Crippen LogP contribution in [0, 0.1) is 5.82 Å². The Morgan fingerprint density at radius 2 is 1.57 bits per heavy atom. The number of carbonyl (C=O) groups excluding carboxylic acids is 2. The minimum Gasteiger partial charge on any atom is -0.497 e. The molecule has 0 aliphatic carbocycles. The summed E-state index contributed by atoms with van der Waals surface area (Å²) in [6.45, 7) is 4.11. The van der Waals surface area contributed by atoms with Crippen molar-refractivity contribution in [3.63, 3.8) is 0 Å². The van der Waals surface area contributed by atoms with Crippen molar-refractivity contribution in [2.24, 2.45) is 0 Å². The number of hydrogen-bond donors (Lipinski definition) is 1. The zero-order valence-corrected chi connectivity index (χ0v) is 23.7. The second-order valence-electron chi connectivity index (χ2n) is 10.3. The summed E-state index contributed by atoms with van der Waals surface area (Å²) in [5, 5.41) is 11.3. The molecule has 0 bridgehead atoms. The molecule has 2 amide bonds. The first-order valence-electron chi connectivity index (χ1n) is 13.7. The van der Waals surface area contributed by atoms with Gasteiger partial charge in [0, 0.05) is 12.2 Å². The standard InChI is InChI=1S/C33H32FN5O3/c1-22(2)24-10-12-25(13-11-24)32(33(41)35-27-16-18-28(42-3)19-17-27)38(20-23-8-14-26(34)15-9-23)31(40)21-39-30-7-5-4-6-29(30)36-37-39/h4-19,22,32H,20-21H2,1-3H3,(H,35,41)/t32-/m1/s1. The minimum absolute atomic E-state index is 0.0678. The highest BCUT2D eigenvalue weighted by atomic mass is 19.1. The van der Waals surface area contributed by atoms with Gasteiger partial charge in [0.15, 0.2) is 0 Å². The lowest BCUT2D eigenvalue weighted by molar-refractivity contribution is -0.140. The molecule has 0 fully saturated rings. The maximum Gasteiger partial charge on any atom is 0.251 e. The normalized spacial score (nSPS) is 11.8. The summed E-state index contributed by atoms with van der Waals surface area (Å²) in [7, 11) is 1.57. The summed E-state index contributed by atoms with van der Waals surface area (Å²) in [6, 6.07) is 26.9. The number of para-hydroxylation sites is 1. The molecule has 5 rings (SSSR count). The molecule has 8 nitrogen and oxygen atoms in total. The van der Waals surface area contributed by atoms with Crippen LogP contribution in [0.5, 0.6) is 5.75 Å². The largest absolute Gasteiger partial charge is 0.497 e. The maximum atomic E-state index is 14.1. The van der Waals surface area contributed by atoms with Crippen LogP contribution in [0.15, 0.2) is 97.1 Å². The molecular formula is C33H32FN5O3. The second-order valence-corrected chi connectivity index (χ2v) is 10.3. The fourth-order valence-corrected chi connectivity index (χ4v) is 4.78. The zero-order valence-electron chi connectivity index (χ0n) is 23.7. The molecule has 1 N–H and O–H groups in total. The van der Waals surface area contributed by atoms with Crippen LogP contribution < -0.4 is 10.1 Å². The quantitative estimate of drug-likeness (QED) is 0.221. The van der Waals surface area contributed by atoms with E-state index in [0.717, 1.165) is 5.56 Å². The van der Waals surface area contributed by atoms with E-state index in [1.165, 1.54) is 21.7 Å². The number of aromatic nitrogens is 3. The SMILES string of the molecule is COc1ccc(NC(=O)[C@@H](c2ccc(C(C)C)cc2)N(Cc2ccc(F)cc2)C(=O)Cn2nnc3ccccc32)cc1. The van der Waals surface area contributed by atoms with Crippen molar-refractivity contribution in [2.45, 2.75) is 38.9 Å². The predicted molar refractivity (Wildman–Crippen MR) is 159 cm³/mol. The number of rotatable bonds is 10. The molecule has 42 heavy (non-hydrogen) atoms. The highest BCUT2D eigenvalue weighted by Gasteiger charge is 2.32. The average molecular weight is 566 g/mol. The van der Waals surface area contributed by atoms with Gasteiger partial charge in [-0.15, -0.1) is 5.10 Å². The Balaban J connectivity index is 1.55. The van der Waals surface area contributed by atoms with Crippen molar-refractivity contribution >= 4 is 28.5 Å². The molecule has 1 aromatic heterocycles. The minimum atomic E-state index is -0.999. The number of nitrogens with one attached hydrogen (secondary N) is 1. The molecule has 1 atom stereocenters. The first-order chi connectivity index (χ1) is 20.3. The third-order valence-electron chi connectivity index (χ3n) is 7.13. The number of nitrogens with zero attached hydrogens (tertiary/aromatic N) is 4. The molecule has 5 aromatic rings. The first-order valence-corrected chi connectivity index (χ1v) is 13.7. The zero-order chi connectivity index (χ0) is 29.6. The van der Waals surface area contributed by atoms with Gasteiger partial charge in [-0.25, -0.2) is 9.07 Å². The Morgan fingerprint density at radius 3 is 2.24 bits per heavy atom. The number of hydrogen-bond acceptors (Lipinski definition) is 5. The molecule has 0 saturated heterocycles. The number of methoxy groups -OCH3 is 1. The van der Waals surface area contributed by atoms with Gasteiger partial charge in [-0.1, -0.05) is 67.6 Å². The van der Waals surface area contributed by atoms with Gasteiger partial charge in [0.25, 0.3) is 5.91 Å². The molecule has 4 aromatic carbocycles. The highest BCUT2D eigenvalue weighted by molar-refractivity contribution is 5.98. The van der Waals surface area contributed by atoms with E-state index < -0.39 is 11.9 Å². The summed E-state index contributed by atoms with van der Waals surface area (Å²) in [5.41, 5.74) is 4.35. The van der Waals surface area contributed by atoms with Crippen LogP contribution in [0.1, 0.15) is 42.5 Å². The molecule has 0 aliphatic heterocycles.